The lowest BCUT2D eigenvalue weighted by molar-refractivity contribution is 1.12. The van der Waals surface area contributed by atoms with Gasteiger partial charge in [-0.05, 0) is 11.5 Å². The summed E-state index contributed by atoms with van der Waals surface area (Å²) in [5.41, 5.74) is 3.89. The molecule has 0 spiro atoms. The second kappa shape index (κ2) is 4.93. The molecule has 5 heteroatoms. The third-order valence-corrected chi connectivity index (χ3v) is 3.17. The van der Waals surface area contributed by atoms with Crippen LogP contribution in [-0.2, 0) is 0 Å². The van der Waals surface area contributed by atoms with Crippen LogP contribution in [0.1, 0.15) is 0 Å². The van der Waals surface area contributed by atoms with E-state index in [4.69, 9.17) is 0 Å². The Morgan fingerprint density at radius 1 is 1.06 bits per heavy atom. The monoisotopic (exact) mass is 254 g/mol. The van der Waals surface area contributed by atoms with Gasteiger partial charge in [-0.3, -0.25) is 5.43 Å². The lowest BCUT2D eigenvalue weighted by Gasteiger charge is -2.03. The number of aromatic nitrogens is 1. The standard InChI is InChI=1S/C13H10N4S/c1-2-6-11-10(4-1)5-3-7-12(11)15-17-16-13-14-8-9-18-13/h1-9H,(H,14,15,16). The second-order valence-corrected chi connectivity index (χ2v) is 4.53. The van der Waals surface area contributed by atoms with Crippen LogP contribution in [-0.4, -0.2) is 4.98 Å². The lowest BCUT2D eigenvalue weighted by Crippen LogP contribution is -1.87. The summed E-state index contributed by atoms with van der Waals surface area (Å²) in [6.45, 7) is 0. The van der Waals surface area contributed by atoms with Crippen molar-refractivity contribution in [2.45, 2.75) is 0 Å². The third-order valence-electron chi connectivity index (χ3n) is 2.51. The van der Waals surface area contributed by atoms with E-state index in [1.807, 2.05) is 29.6 Å². The molecule has 4 nitrogen and oxygen atoms in total. The minimum atomic E-state index is 0.641. The van der Waals surface area contributed by atoms with E-state index in [9.17, 15) is 0 Å². The molecule has 3 rings (SSSR count). The number of nitrogens with one attached hydrogen (secondary N) is 1. The average molecular weight is 254 g/mol. The van der Waals surface area contributed by atoms with E-state index in [0.29, 0.717) is 5.13 Å². The van der Waals surface area contributed by atoms with Gasteiger partial charge in [0.05, 0.1) is 5.69 Å². The van der Waals surface area contributed by atoms with E-state index in [2.05, 4.69) is 38.9 Å². The van der Waals surface area contributed by atoms with E-state index in [0.717, 1.165) is 11.1 Å². The maximum absolute atomic E-state index is 4.03. The van der Waals surface area contributed by atoms with Gasteiger partial charge < -0.3 is 0 Å². The van der Waals surface area contributed by atoms with Gasteiger partial charge in [-0.2, -0.15) is 0 Å². The summed E-state index contributed by atoms with van der Waals surface area (Å²) in [5.74, 6) is 0. The molecule has 0 aliphatic rings. The fourth-order valence-corrected chi connectivity index (χ4v) is 2.16. The Morgan fingerprint density at radius 3 is 2.83 bits per heavy atom. The maximum atomic E-state index is 4.03. The van der Waals surface area contributed by atoms with Crippen LogP contribution in [0, 0.1) is 0 Å². The molecule has 0 aliphatic carbocycles. The van der Waals surface area contributed by atoms with Gasteiger partial charge in [0.1, 0.15) is 0 Å². The number of thiazole rings is 1. The van der Waals surface area contributed by atoms with Gasteiger partial charge in [0.15, 0.2) is 0 Å². The van der Waals surface area contributed by atoms with Crippen LogP contribution in [0.4, 0.5) is 10.8 Å². The van der Waals surface area contributed by atoms with Crippen LogP contribution in [0.15, 0.2) is 64.4 Å². The van der Waals surface area contributed by atoms with E-state index >= 15 is 0 Å². The molecule has 0 amide bonds. The topological polar surface area (TPSA) is 49.6 Å². The Labute approximate surface area is 108 Å². The Morgan fingerprint density at radius 2 is 1.94 bits per heavy atom. The Hall–Kier alpha value is -2.27. The van der Waals surface area contributed by atoms with Crippen molar-refractivity contribution in [2.24, 2.45) is 10.3 Å². The number of nitrogens with zero attached hydrogens (tertiary/aromatic N) is 3. The van der Waals surface area contributed by atoms with Crippen molar-refractivity contribution >= 4 is 32.9 Å². The Balaban J connectivity index is 1.87. The average Bonchev–Trinajstić information content (AvgIpc) is 2.92. The van der Waals surface area contributed by atoms with E-state index in [1.165, 1.54) is 16.7 Å². The van der Waals surface area contributed by atoms with Gasteiger partial charge >= 0.3 is 0 Å². The number of fused-ring (bicyclic) bond motifs is 1. The Bertz CT molecular complexity index is 671. The molecule has 3 aromatic rings. The molecule has 0 bridgehead atoms. The summed E-state index contributed by atoms with van der Waals surface area (Å²) in [7, 11) is 0. The fraction of sp³-hybridized carbons (Fsp3) is 0. The largest absolute Gasteiger partial charge is 0.259 e. The van der Waals surface area contributed by atoms with Gasteiger partial charge in [-0.1, -0.05) is 41.6 Å². The molecular formula is C13H10N4S. The first kappa shape index (κ1) is 10.9. The molecule has 0 radical (unpaired) electrons. The quantitative estimate of drug-likeness (QED) is 0.556. The van der Waals surface area contributed by atoms with Crippen LogP contribution in [0.25, 0.3) is 10.8 Å². The number of benzene rings is 2. The molecule has 0 fully saturated rings. The molecule has 0 saturated heterocycles. The van der Waals surface area contributed by atoms with Gasteiger partial charge in [-0.15, -0.1) is 16.5 Å². The molecular weight excluding hydrogens is 244 g/mol. The van der Waals surface area contributed by atoms with Crippen LogP contribution < -0.4 is 5.43 Å². The van der Waals surface area contributed by atoms with Gasteiger partial charge in [-0.25, -0.2) is 4.98 Å². The summed E-state index contributed by atoms with van der Waals surface area (Å²) in [5, 5.41) is 12.8. The lowest BCUT2D eigenvalue weighted by atomic mass is 10.1. The van der Waals surface area contributed by atoms with Crippen molar-refractivity contribution in [2.75, 3.05) is 5.43 Å². The van der Waals surface area contributed by atoms with Crippen LogP contribution >= 0.6 is 11.3 Å². The molecule has 88 valence electrons. The molecule has 0 saturated carbocycles. The van der Waals surface area contributed by atoms with Crippen LogP contribution in [0.5, 0.6) is 0 Å². The molecule has 0 unspecified atom stereocenters. The molecule has 18 heavy (non-hydrogen) atoms. The highest BCUT2D eigenvalue weighted by Gasteiger charge is 1.98. The van der Waals surface area contributed by atoms with E-state index in [1.54, 1.807) is 6.20 Å². The maximum Gasteiger partial charge on any atom is 0.231 e. The summed E-state index contributed by atoms with van der Waals surface area (Å²) < 4.78 is 0. The Kier molecular flexibility index (Phi) is 2.97. The van der Waals surface area contributed by atoms with Crippen molar-refractivity contribution in [1.29, 1.82) is 0 Å². The highest BCUT2D eigenvalue weighted by Crippen LogP contribution is 2.23. The van der Waals surface area contributed by atoms with Crippen molar-refractivity contribution < 1.29 is 0 Å². The van der Waals surface area contributed by atoms with Crippen molar-refractivity contribution in [3.8, 4) is 0 Å². The molecule has 1 aromatic heterocycles. The molecule has 2 aromatic carbocycles. The van der Waals surface area contributed by atoms with E-state index < -0.39 is 0 Å². The first-order chi connectivity index (χ1) is 8.93. The zero-order valence-corrected chi connectivity index (χ0v) is 10.3. The molecule has 1 heterocycles. The number of hydrogen-bond acceptors (Lipinski definition) is 4. The first-order valence-electron chi connectivity index (χ1n) is 5.47. The zero-order chi connectivity index (χ0) is 12.2. The molecule has 1 N–H and O–H groups in total. The summed E-state index contributed by atoms with van der Waals surface area (Å²) in [6, 6.07) is 14.2. The highest BCUT2D eigenvalue weighted by molar-refractivity contribution is 7.13. The smallest absolute Gasteiger partial charge is 0.231 e. The molecule has 0 aliphatic heterocycles. The minimum Gasteiger partial charge on any atom is -0.259 e. The van der Waals surface area contributed by atoms with E-state index in [-0.39, 0.29) is 0 Å². The normalized spacial score (nSPS) is 11.1. The zero-order valence-electron chi connectivity index (χ0n) is 9.45. The number of anilines is 1. The highest BCUT2D eigenvalue weighted by atomic mass is 32.1. The van der Waals surface area contributed by atoms with Gasteiger partial charge in [0, 0.05) is 17.0 Å². The van der Waals surface area contributed by atoms with Crippen molar-refractivity contribution in [3.63, 3.8) is 0 Å². The van der Waals surface area contributed by atoms with Crippen molar-refractivity contribution in [1.82, 2.24) is 4.98 Å². The van der Waals surface area contributed by atoms with Crippen molar-refractivity contribution in [3.05, 3.63) is 54.0 Å². The predicted octanol–water partition coefficient (Wildman–Crippen LogP) is 4.41. The molecule has 0 atom stereocenters. The minimum absolute atomic E-state index is 0.641. The van der Waals surface area contributed by atoms with Gasteiger partial charge in [0.25, 0.3) is 0 Å². The number of hydrogen-bond donors (Lipinski definition) is 1. The summed E-state index contributed by atoms with van der Waals surface area (Å²) in [6.07, 6.45) is 1.71. The number of rotatable bonds is 3. The predicted molar refractivity (Wildman–Crippen MR) is 74.2 cm³/mol. The first-order valence-corrected chi connectivity index (χ1v) is 6.35. The van der Waals surface area contributed by atoms with Crippen LogP contribution in [0.2, 0.25) is 0 Å². The van der Waals surface area contributed by atoms with Crippen LogP contribution in [0.3, 0.4) is 0 Å². The summed E-state index contributed by atoms with van der Waals surface area (Å²) >= 11 is 1.45. The summed E-state index contributed by atoms with van der Waals surface area (Å²) in [4.78, 5) is 4.03. The fourth-order valence-electron chi connectivity index (χ4n) is 1.71. The third kappa shape index (κ3) is 2.21. The SMILES string of the molecule is c1ccc2c(N/N=N/c3nccs3)cccc2c1. The second-order valence-electron chi connectivity index (χ2n) is 3.65. The van der Waals surface area contributed by atoms with Gasteiger partial charge in [0.2, 0.25) is 5.13 Å².